The van der Waals surface area contributed by atoms with E-state index < -0.39 is 0 Å². The van der Waals surface area contributed by atoms with Crippen molar-refractivity contribution in [3.05, 3.63) is 63.6 Å². The third-order valence-corrected chi connectivity index (χ3v) is 6.34. The fourth-order valence-corrected chi connectivity index (χ4v) is 4.83. The smallest absolute Gasteiger partial charge is 0.258 e. The normalized spacial score (nSPS) is 15.2. The number of hydrogen-bond acceptors (Lipinski definition) is 3. The van der Waals surface area contributed by atoms with Gasteiger partial charge in [0.25, 0.3) is 5.56 Å². The second kappa shape index (κ2) is 7.31. The molecular weight excluding hydrogens is 372 g/mol. The zero-order valence-corrected chi connectivity index (χ0v) is 17.9. The maximum atomic E-state index is 13.1. The Balaban J connectivity index is 1.73. The van der Waals surface area contributed by atoms with E-state index in [4.69, 9.17) is 4.98 Å². The number of H-pyrrole nitrogens is 1. The van der Waals surface area contributed by atoms with Gasteiger partial charge in [0, 0.05) is 12.2 Å². The van der Waals surface area contributed by atoms with Gasteiger partial charge in [0.2, 0.25) is 0 Å². The molecule has 4 aromatic rings. The molecule has 0 spiro atoms. The van der Waals surface area contributed by atoms with Crippen molar-refractivity contribution >= 4 is 22.4 Å². The van der Waals surface area contributed by atoms with Crippen molar-refractivity contribution < 1.29 is 0 Å². The topological polar surface area (TPSA) is 62.2 Å². The van der Waals surface area contributed by atoms with Gasteiger partial charge in [-0.1, -0.05) is 37.0 Å². The highest BCUT2D eigenvalue weighted by molar-refractivity contribution is 5.88. The SMILES string of the molecule is Cc1cc(C)c2[nH]c(=O)c(-c3nc4c(C)cccn4c3NC3CCCCC3)cc2c1. The summed E-state index contributed by atoms with van der Waals surface area (Å²) < 4.78 is 2.10. The number of aryl methyl sites for hydroxylation is 3. The van der Waals surface area contributed by atoms with E-state index in [0.29, 0.717) is 11.6 Å². The summed E-state index contributed by atoms with van der Waals surface area (Å²) in [5.74, 6) is 0.926. The number of rotatable bonds is 3. The first-order valence-electron chi connectivity index (χ1n) is 10.9. The molecule has 154 valence electrons. The van der Waals surface area contributed by atoms with Crippen molar-refractivity contribution in [3.63, 3.8) is 0 Å². The maximum absolute atomic E-state index is 13.1. The van der Waals surface area contributed by atoms with Gasteiger partial charge in [-0.3, -0.25) is 9.20 Å². The minimum absolute atomic E-state index is 0.0952. The number of fused-ring (bicyclic) bond motifs is 2. The minimum Gasteiger partial charge on any atom is -0.367 e. The lowest BCUT2D eigenvalue weighted by atomic mass is 9.95. The van der Waals surface area contributed by atoms with Crippen LogP contribution >= 0.6 is 0 Å². The molecule has 30 heavy (non-hydrogen) atoms. The Hall–Kier alpha value is -3.08. The zero-order chi connectivity index (χ0) is 20.8. The number of aromatic nitrogens is 3. The molecule has 3 aromatic heterocycles. The summed E-state index contributed by atoms with van der Waals surface area (Å²) in [4.78, 5) is 21.2. The quantitative estimate of drug-likeness (QED) is 0.476. The van der Waals surface area contributed by atoms with Gasteiger partial charge in [-0.25, -0.2) is 4.98 Å². The Labute approximate surface area is 176 Å². The number of benzene rings is 1. The second-order valence-corrected chi connectivity index (χ2v) is 8.73. The molecule has 0 atom stereocenters. The van der Waals surface area contributed by atoms with Crippen LogP contribution in [0.1, 0.15) is 48.8 Å². The minimum atomic E-state index is -0.0952. The van der Waals surface area contributed by atoms with Crippen molar-refractivity contribution in [2.75, 3.05) is 5.32 Å². The fourth-order valence-electron chi connectivity index (χ4n) is 4.83. The van der Waals surface area contributed by atoms with Crippen LogP contribution in [0.2, 0.25) is 0 Å². The third kappa shape index (κ3) is 3.18. The zero-order valence-electron chi connectivity index (χ0n) is 17.9. The molecule has 5 nitrogen and oxygen atoms in total. The number of pyridine rings is 2. The van der Waals surface area contributed by atoms with Crippen LogP contribution in [0.15, 0.2) is 41.3 Å². The molecule has 0 saturated heterocycles. The van der Waals surface area contributed by atoms with Crippen LogP contribution in [0.3, 0.4) is 0 Å². The molecule has 0 aliphatic heterocycles. The molecule has 2 N–H and O–H groups in total. The van der Waals surface area contributed by atoms with Gasteiger partial charge in [0.1, 0.15) is 17.2 Å². The Morgan fingerprint density at radius 2 is 1.87 bits per heavy atom. The summed E-state index contributed by atoms with van der Waals surface area (Å²) >= 11 is 0. The van der Waals surface area contributed by atoms with E-state index in [0.717, 1.165) is 52.0 Å². The number of imidazole rings is 1. The first kappa shape index (κ1) is 18.9. The number of anilines is 1. The summed E-state index contributed by atoms with van der Waals surface area (Å²) in [6.07, 6.45) is 8.15. The largest absolute Gasteiger partial charge is 0.367 e. The van der Waals surface area contributed by atoms with Gasteiger partial charge in [-0.05, 0) is 68.3 Å². The van der Waals surface area contributed by atoms with Crippen LogP contribution in [-0.4, -0.2) is 20.4 Å². The molecule has 0 radical (unpaired) electrons. The highest BCUT2D eigenvalue weighted by Gasteiger charge is 2.22. The predicted molar refractivity (Wildman–Crippen MR) is 123 cm³/mol. The Morgan fingerprint density at radius 3 is 2.67 bits per heavy atom. The Kier molecular flexibility index (Phi) is 4.61. The average molecular weight is 401 g/mol. The van der Waals surface area contributed by atoms with Gasteiger partial charge in [0.05, 0.1) is 11.1 Å². The van der Waals surface area contributed by atoms with Crippen molar-refractivity contribution in [1.29, 1.82) is 0 Å². The predicted octanol–water partition coefficient (Wildman–Crippen LogP) is 5.51. The van der Waals surface area contributed by atoms with Crippen LogP contribution in [-0.2, 0) is 0 Å². The number of aromatic amines is 1. The van der Waals surface area contributed by atoms with Gasteiger partial charge < -0.3 is 10.3 Å². The first-order valence-corrected chi connectivity index (χ1v) is 10.9. The molecule has 3 heterocycles. The lowest BCUT2D eigenvalue weighted by Gasteiger charge is -2.24. The lowest BCUT2D eigenvalue weighted by Crippen LogP contribution is -2.23. The van der Waals surface area contributed by atoms with Crippen LogP contribution in [0.4, 0.5) is 5.82 Å². The number of nitrogens with zero attached hydrogens (tertiary/aromatic N) is 2. The maximum Gasteiger partial charge on any atom is 0.258 e. The molecule has 1 fully saturated rings. The van der Waals surface area contributed by atoms with Gasteiger partial charge in [-0.15, -0.1) is 0 Å². The van der Waals surface area contributed by atoms with Crippen LogP contribution in [0.25, 0.3) is 27.8 Å². The highest BCUT2D eigenvalue weighted by Crippen LogP contribution is 2.32. The van der Waals surface area contributed by atoms with Crippen LogP contribution in [0.5, 0.6) is 0 Å². The van der Waals surface area contributed by atoms with Gasteiger partial charge in [-0.2, -0.15) is 0 Å². The third-order valence-electron chi connectivity index (χ3n) is 6.34. The molecular formula is C25H28N4O. The van der Waals surface area contributed by atoms with E-state index >= 15 is 0 Å². The molecule has 1 aliphatic rings. The summed E-state index contributed by atoms with van der Waals surface area (Å²) in [6.45, 7) is 6.19. The summed E-state index contributed by atoms with van der Waals surface area (Å²) in [6, 6.07) is 10.7. The second-order valence-electron chi connectivity index (χ2n) is 8.73. The van der Waals surface area contributed by atoms with E-state index in [9.17, 15) is 4.79 Å². The average Bonchev–Trinajstić information content (AvgIpc) is 3.08. The molecule has 0 bridgehead atoms. The highest BCUT2D eigenvalue weighted by atomic mass is 16.1. The number of hydrogen-bond donors (Lipinski definition) is 2. The summed E-state index contributed by atoms with van der Waals surface area (Å²) in [7, 11) is 0. The monoisotopic (exact) mass is 400 g/mol. The van der Waals surface area contributed by atoms with Crippen LogP contribution in [0, 0.1) is 20.8 Å². The standard InChI is InChI=1S/C25H28N4O/c1-15-12-17(3)21-18(13-15)14-20(25(30)28-21)22-24(26-19-9-5-4-6-10-19)29-11-7-8-16(2)23(29)27-22/h7-8,11-14,19,26H,4-6,9-10H2,1-3H3,(H,28,30). The molecule has 0 amide bonds. The van der Waals surface area contributed by atoms with Crippen LogP contribution < -0.4 is 10.9 Å². The Morgan fingerprint density at radius 1 is 1.07 bits per heavy atom. The van der Waals surface area contributed by atoms with Crippen molar-refractivity contribution in [2.45, 2.75) is 58.9 Å². The van der Waals surface area contributed by atoms with Crippen molar-refractivity contribution in [3.8, 4) is 11.3 Å². The van der Waals surface area contributed by atoms with E-state index in [-0.39, 0.29) is 5.56 Å². The van der Waals surface area contributed by atoms with Crippen molar-refractivity contribution in [1.82, 2.24) is 14.4 Å². The lowest BCUT2D eigenvalue weighted by molar-refractivity contribution is 0.462. The molecule has 1 aliphatic carbocycles. The van der Waals surface area contributed by atoms with Gasteiger partial charge in [0.15, 0.2) is 0 Å². The Bertz CT molecular complexity index is 1310. The summed E-state index contributed by atoms with van der Waals surface area (Å²) in [5, 5.41) is 4.79. The molecule has 1 saturated carbocycles. The van der Waals surface area contributed by atoms with Gasteiger partial charge >= 0.3 is 0 Å². The fraction of sp³-hybridized carbons (Fsp3) is 0.360. The number of nitrogens with one attached hydrogen (secondary N) is 2. The molecule has 5 rings (SSSR count). The van der Waals surface area contributed by atoms with E-state index in [2.05, 4.69) is 46.7 Å². The first-order chi connectivity index (χ1) is 14.5. The van der Waals surface area contributed by atoms with E-state index in [1.54, 1.807) is 0 Å². The molecule has 5 heteroatoms. The van der Waals surface area contributed by atoms with E-state index in [1.807, 2.05) is 25.3 Å². The van der Waals surface area contributed by atoms with E-state index in [1.165, 1.54) is 24.8 Å². The van der Waals surface area contributed by atoms with Crippen molar-refractivity contribution in [2.24, 2.45) is 0 Å². The molecule has 0 unspecified atom stereocenters. The molecule has 1 aromatic carbocycles. The summed E-state index contributed by atoms with van der Waals surface area (Å²) in [5.41, 5.74) is 6.42.